The first-order valence-electron chi connectivity index (χ1n) is 5.91. The number of hydrogen-bond donors (Lipinski definition) is 1. The Morgan fingerprint density at radius 1 is 1.41 bits per heavy atom. The van der Waals surface area contributed by atoms with Crippen molar-refractivity contribution >= 4 is 5.91 Å². The SMILES string of the molecule is O=C(NCCC1CCCO1)c1ccc(F)cc1. The third-order valence-electron chi connectivity index (χ3n) is 2.88. The molecule has 1 aromatic carbocycles. The fraction of sp³-hybridized carbons (Fsp3) is 0.462. The Bertz CT molecular complexity index is 372. The summed E-state index contributed by atoms with van der Waals surface area (Å²) < 4.78 is 18.1. The van der Waals surface area contributed by atoms with Gasteiger partial charge in [-0.25, -0.2) is 4.39 Å². The van der Waals surface area contributed by atoms with Gasteiger partial charge in [0.15, 0.2) is 0 Å². The number of rotatable bonds is 4. The maximum Gasteiger partial charge on any atom is 0.251 e. The van der Waals surface area contributed by atoms with Crippen LogP contribution in [0.5, 0.6) is 0 Å². The first kappa shape index (κ1) is 12.0. The Morgan fingerprint density at radius 2 is 2.18 bits per heavy atom. The molecule has 0 aliphatic carbocycles. The highest BCUT2D eigenvalue weighted by Crippen LogP contribution is 2.14. The lowest BCUT2D eigenvalue weighted by Crippen LogP contribution is -2.26. The van der Waals surface area contributed by atoms with Crippen LogP contribution < -0.4 is 5.32 Å². The van der Waals surface area contributed by atoms with Crippen molar-refractivity contribution in [1.82, 2.24) is 5.32 Å². The monoisotopic (exact) mass is 237 g/mol. The molecular formula is C13H16FNO2. The van der Waals surface area contributed by atoms with E-state index in [0.717, 1.165) is 25.9 Å². The molecule has 92 valence electrons. The predicted octanol–water partition coefficient (Wildman–Crippen LogP) is 2.12. The topological polar surface area (TPSA) is 38.3 Å². The van der Waals surface area contributed by atoms with Crippen LogP contribution in [0.15, 0.2) is 24.3 Å². The summed E-state index contributed by atoms with van der Waals surface area (Å²) in [7, 11) is 0. The van der Waals surface area contributed by atoms with Crippen molar-refractivity contribution < 1.29 is 13.9 Å². The summed E-state index contributed by atoms with van der Waals surface area (Å²) in [6.07, 6.45) is 3.30. The van der Waals surface area contributed by atoms with Crippen LogP contribution in [0, 0.1) is 5.82 Å². The first-order valence-corrected chi connectivity index (χ1v) is 5.91. The van der Waals surface area contributed by atoms with Crippen molar-refractivity contribution in [1.29, 1.82) is 0 Å². The molecule has 1 fully saturated rings. The highest BCUT2D eigenvalue weighted by Gasteiger charge is 2.15. The number of carbonyl (C=O) groups is 1. The minimum Gasteiger partial charge on any atom is -0.378 e. The van der Waals surface area contributed by atoms with Crippen LogP contribution in [0.4, 0.5) is 4.39 Å². The lowest BCUT2D eigenvalue weighted by atomic mass is 10.1. The number of amides is 1. The van der Waals surface area contributed by atoms with E-state index in [9.17, 15) is 9.18 Å². The highest BCUT2D eigenvalue weighted by molar-refractivity contribution is 5.94. The van der Waals surface area contributed by atoms with Crippen LogP contribution in [0.1, 0.15) is 29.6 Å². The molecule has 0 saturated carbocycles. The summed E-state index contributed by atoms with van der Waals surface area (Å²) in [4.78, 5) is 11.7. The normalized spacial score (nSPS) is 19.2. The van der Waals surface area contributed by atoms with Gasteiger partial charge in [-0.1, -0.05) is 0 Å². The smallest absolute Gasteiger partial charge is 0.251 e. The highest BCUT2D eigenvalue weighted by atomic mass is 19.1. The molecule has 3 nitrogen and oxygen atoms in total. The van der Waals surface area contributed by atoms with E-state index in [4.69, 9.17) is 4.74 Å². The van der Waals surface area contributed by atoms with Crippen molar-refractivity contribution in [3.05, 3.63) is 35.6 Å². The summed E-state index contributed by atoms with van der Waals surface area (Å²) >= 11 is 0. The Hall–Kier alpha value is -1.42. The summed E-state index contributed by atoms with van der Waals surface area (Å²) in [5.74, 6) is -0.496. The van der Waals surface area contributed by atoms with Crippen LogP contribution >= 0.6 is 0 Å². The molecule has 1 amide bonds. The molecule has 2 rings (SSSR count). The van der Waals surface area contributed by atoms with Gasteiger partial charge in [0.1, 0.15) is 5.82 Å². The lowest BCUT2D eigenvalue weighted by Gasteiger charge is -2.10. The van der Waals surface area contributed by atoms with Gasteiger partial charge in [-0.3, -0.25) is 4.79 Å². The van der Waals surface area contributed by atoms with Crippen LogP contribution in [0.25, 0.3) is 0 Å². The number of carbonyl (C=O) groups excluding carboxylic acids is 1. The molecular weight excluding hydrogens is 221 g/mol. The first-order chi connectivity index (χ1) is 8.25. The van der Waals surface area contributed by atoms with Gasteiger partial charge in [0.05, 0.1) is 6.10 Å². The van der Waals surface area contributed by atoms with Crippen LogP contribution in [-0.4, -0.2) is 25.2 Å². The quantitative estimate of drug-likeness (QED) is 0.871. The Labute approximate surface area is 100.0 Å². The van der Waals surface area contributed by atoms with Crippen molar-refractivity contribution in [2.75, 3.05) is 13.2 Å². The fourth-order valence-corrected chi connectivity index (χ4v) is 1.92. The number of hydrogen-bond acceptors (Lipinski definition) is 2. The zero-order valence-corrected chi connectivity index (χ0v) is 9.62. The van der Waals surface area contributed by atoms with Gasteiger partial charge in [-0.2, -0.15) is 0 Å². The Morgan fingerprint density at radius 3 is 2.82 bits per heavy atom. The molecule has 1 N–H and O–H groups in total. The molecule has 0 bridgehead atoms. The molecule has 0 aromatic heterocycles. The van der Waals surface area contributed by atoms with Crippen molar-refractivity contribution in [3.8, 4) is 0 Å². The van der Waals surface area contributed by atoms with Crippen molar-refractivity contribution in [2.24, 2.45) is 0 Å². The van der Waals surface area contributed by atoms with E-state index >= 15 is 0 Å². The van der Waals surface area contributed by atoms with Gasteiger partial charge in [0, 0.05) is 18.7 Å². The number of nitrogens with one attached hydrogen (secondary N) is 1. The van der Waals surface area contributed by atoms with Gasteiger partial charge >= 0.3 is 0 Å². The maximum atomic E-state index is 12.7. The van der Waals surface area contributed by atoms with E-state index in [1.807, 2.05) is 0 Å². The van der Waals surface area contributed by atoms with Gasteiger partial charge < -0.3 is 10.1 Å². The predicted molar refractivity (Wildman–Crippen MR) is 62.3 cm³/mol. The molecule has 1 saturated heterocycles. The van der Waals surface area contributed by atoms with Crippen LogP contribution in [0.3, 0.4) is 0 Å². The molecule has 1 aromatic rings. The third-order valence-corrected chi connectivity index (χ3v) is 2.88. The maximum absolute atomic E-state index is 12.7. The molecule has 17 heavy (non-hydrogen) atoms. The summed E-state index contributed by atoms with van der Waals surface area (Å²) in [6.45, 7) is 1.43. The zero-order chi connectivity index (χ0) is 12.1. The molecule has 1 aliphatic rings. The van der Waals surface area contributed by atoms with Gasteiger partial charge in [0.25, 0.3) is 5.91 Å². The van der Waals surface area contributed by atoms with E-state index in [1.54, 1.807) is 0 Å². The molecule has 0 radical (unpaired) electrons. The Balaban J connectivity index is 1.75. The third kappa shape index (κ3) is 3.53. The average molecular weight is 237 g/mol. The van der Waals surface area contributed by atoms with Gasteiger partial charge in [-0.15, -0.1) is 0 Å². The molecule has 4 heteroatoms. The van der Waals surface area contributed by atoms with E-state index in [1.165, 1.54) is 24.3 Å². The summed E-state index contributed by atoms with van der Waals surface area (Å²) in [6, 6.07) is 5.54. The second-order valence-electron chi connectivity index (χ2n) is 4.19. The van der Waals surface area contributed by atoms with E-state index < -0.39 is 0 Å². The minimum atomic E-state index is -0.332. The summed E-state index contributed by atoms with van der Waals surface area (Å²) in [5, 5.41) is 2.80. The molecule has 1 aliphatic heterocycles. The molecule has 1 atom stereocenters. The zero-order valence-electron chi connectivity index (χ0n) is 9.62. The standard InChI is InChI=1S/C13H16FNO2/c14-11-5-3-10(4-6-11)13(16)15-8-7-12-2-1-9-17-12/h3-6,12H,1-2,7-9H2,(H,15,16). The summed E-state index contributed by atoms with van der Waals surface area (Å²) in [5.41, 5.74) is 0.485. The fourth-order valence-electron chi connectivity index (χ4n) is 1.92. The molecule has 1 unspecified atom stereocenters. The van der Waals surface area contributed by atoms with Gasteiger partial charge in [-0.05, 0) is 43.5 Å². The molecule has 0 spiro atoms. The van der Waals surface area contributed by atoms with E-state index in [-0.39, 0.29) is 17.8 Å². The number of halogens is 1. The van der Waals surface area contributed by atoms with Crippen molar-refractivity contribution in [3.63, 3.8) is 0 Å². The Kier molecular flexibility index (Phi) is 4.09. The van der Waals surface area contributed by atoms with Crippen molar-refractivity contribution in [2.45, 2.75) is 25.4 Å². The van der Waals surface area contributed by atoms with Crippen LogP contribution in [-0.2, 0) is 4.74 Å². The van der Waals surface area contributed by atoms with Crippen LogP contribution in [0.2, 0.25) is 0 Å². The molecule has 1 heterocycles. The number of ether oxygens (including phenoxy) is 1. The largest absolute Gasteiger partial charge is 0.378 e. The number of benzene rings is 1. The van der Waals surface area contributed by atoms with E-state index in [0.29, 0.717) is 12.1 Å². The van der Waals surface area contributed by atoms with Gasteiger partial charge in [0.2, 0.25) is 0 Å². The minimum absolute atomic E-state index is 0.164. The van der Waals surface area contributed by atoms with E-state index in [2.05, 4.69) is 5.32 Å². The lowest BCUT2D eigenvalue weighted by molar-refractivity contribution is 0.0907. The average Bonchev–Trinajstić information content (AvgIpc) is 2.83. The second-order valence-corrected chi connectivity index (χ2v) is 4.19. The second kappa shape index (κ2) is 5.77.